The summed E-state index contributed by atoms with van der Waals surface area (Å²) in [4.78, 5) is 48.8. The van der Waals surface area contributed by atoms with Crippen molar-refractivity contribution in [2.45, 2.75) is 106 Å². The predicted octanol–water partition coefficient (Wildman–Crippen LogP) is -6.89. The van der Waals surface area contributed by atoms with E-state index < -0.39 is 122 Å². The fourth-order valence-electron chi connectivity index (χ4n) is 5.08. The summed E-state index contributed by atoms with van der Waals surface area (Å²) in [6.45, 7) is -0.342. The second-order valence-electron chi connectivity index (χ2n) is 10.9. The van der Waals surface area contributed by atoms with E-state index in [4.69, 9.17) is 24.7 Å². The summed E-state index contributed by atoms with van der Waals surface area (Å²) in [5, 5.41) is 98.5. The highest BCUT2D eigenvalue weighted by molar-refractivity contribution is 5.78. The molecule has 0 unspecified atom stereocenters. The summed E-state index contributed by atoms with van der Waals surface area (Å²) < 4.78 is 21.3. The fraction of sp³-hybridized carbons (Fsp3) is 0.840. The molecule has 2 aliphatic rings. The van der Waals surface area contributed by atoms with Gasteiger partial charge in [0, 0.05) is 26.7 Å². The first-order valence-corrected chi connectivity index (χ1v) is 14.0. The molecule has 2 fully saturated rings. The molecule has 45 heavy (non-hydrogen) atoms. The van der Waals surface area contributed by atoms with Crippen molar-refractivity contribution in [1.82, 2.24) is 10.6 Å². The molecule has 12 atom stereocenters. The smallest absolute Gasteiger partial charge is 0.366 e. The van der Waals surface area contributed by atoms with Gasteiger partial charge in [-0.05, 0) is 13.0 Å². The van der Waals surface area contributed by atoms with Crippen LogP contribution in [0.1, 0.15) is 33.1 Å². The average molecular weight is 658 g/mol. The van der Waals surface area contributed by atoms with Crippen molar-refractivity contribution in [3.63, 3.8) is 0 Å². The second-order valence-corrected chi connectivity index (χ2v) is 10.9. The number of nitrogens with two attached hydrogens (primary N) is 1. The highest BCUT2D eigenvalue weighted by Gasteiger charge is 2.59. The summed E-state index contributed by atoms with van der Waals surface area (Å²) in [6.07, 6.45) is -17.7. The molecule has 0 saturated carbocycles. The van der Waals surface area contributed by atoms with Crippen molar-refractivity contribution in [2.75, 3.05) is 26.4 Å². The Labute approximate surface area is 256 Å². The lowest BCUT2D eigenvalue weighted by Crippen LogP contribution is -2.70. The predicted molar refractivity (Wildman–Crippen MR) is 143 cm³/mol. The van der Waals surface area contributed by atoms with Gasteiger partial charge in [0.2, 0.25) is 11.8 Å². The van der Waals surface area contributed by atoms with Crippen molar-refractivity contribution in [2.24, 2.45) is 5.73 Å². The van der Waals surface area contributed by atoms with Crippen LogP contribution in [0.15, 0.2) is 0 Å². The minimum Gasteiger partial charge on any atom is -0.477 e. The molecule has 2 amide bonds. The van der Waals surface area contributed by atoms with Crippen molar-refractivity contribution < 1.29 is 84.1 Å². The molecule has 13 N–H and O–H groups in total. The van der Waals surface area contributed by atoms with Gasteiger partial charge in [-0.15, -0.1) is 0 Å². The Morgan fingerprint density at radius 3 is 1.91 bits per heavy atom. The van der Waals surface area contributed by atoms with Crippen LogP contribution in [-0.2, 0) is 38.1 Å². The number of carboxylic acids is 1. The number of nitrogens with one attached hydrogen (secondary N) is 2. The van der Waals surface area contributed by atoms with Crippen LogP contribution in [-0.4, -0.2) is 169 Å². The molecule has 2 heterocycles. The third kappa shape index (κ3) is 9.24. The summed E-state index contributed by atoms with van der Waals surface area (Å²) >= 11 is 0. The van der Waals surface area contributed by atoms with E-state index in [-0.39, 0.29) is 19.6 Å². The first-order chi connectivity index (χ1) is 21.0. The molecular weight excluding hydrogens is 614 g/mol. The number of aliphatic hydroxyl groups is 8. The number of ether oxygens (including phenoxy) is 4. The molecule has 0 bridgehead atoms. The lowest BCUT2D eigenvalue weighted by Gasteiger charge is -2.49. The quantitative estimate of drug-likeness (QED) is 0.0575. The molecule has 0 aromatic rings. The second kappa shape index (κ2) is 16.3. The lowest BCUT2D eigenvalue weighted by molar-refractivity contribution is -0.343. The van der Waals surface area contributed by atoms with Crippen molar-refractivity contribution >= 4 is 23.8 Å². The van der Waals surface area contributed by atoms with Gasteiger partial charge in [0.05, 0.1) is 44.1 Å². The molecule has 20 heteroatoms. The molecule has 0 aromatic heterocycles. The van der Waals surface area contributed by atoms with Gasteiger partial charge >= 0.3 is 11.9 Å². The number of esters is 1. The van der Waals surface area contributed by atoms with Crippen LogP contribution in [0, 0.1) is 0 Å². The molecule has 0 spiro atoms. The van der Waals surface area contributed by atoms with Gasteiger partial charge in [0.15, 0.2) is 0 Å². The maximum Gasteiger partial charge on any atom is 0.366 e. The van der Waals surface area contributed by atoms with Crippen molar-refractivity contribution in [1.29, 1.82) is 0 Å². The fourth-order valence-corrected chi connectivity index (χ4v) is 5.08. The van der Waals surface area contributed by atoms with Crippen molar-refractivity contribution in [3.8, 4) is 0 Å². The normalized spacial score (nSPS) is 34.6. The van der Waals surface area contributed by atoms with Crippen LogP contribution in [0.5, 0.6) is 0 Å². The van der Waals surface area contributed by atoms with Crippen LogP contribution in [0.2, 0.25) is 0 Å². The van der Waals surface area contributed by atoms with E-state index in [0.717, 1.165) is 13.8 Å². The Hall–Kier alpha value is -2.60. The summed E-state index contributed by atoms with van der Waals surface area (Å²) in [6, 6.07) is -3.13. The van der Waals surface area contributed by atoms with Gasteiger partial charge < -0.3 is 81.3 Å². The van der Waals surface area contributed by atoms with E-state index in [1.165, 1.54) is 0 Å². The third-order valence-electron chi connectivity index (χ3n) is 7.28. The Morgan fingerprint density at radius 1 is 0.911 bits per heavy atom. The molecular formula is C25H43N3O17. The zero-order valence-corrected chi connectivity index (χ0v) is 24.6. The number of carboxylic acid groups (broad SMARTS) is 1. The van der Waals surface area contributed by atoms with E-state index in [1.807, 2.05) is 0 Å². The zero-order chi connectivity index (χ0) is 34.3. The van der Waals surface area contributed by atoms with E-state index in [9.17, 15) is 65.1 Å². The molecule has 2 rings (SSSR count). The summed E-state index contributed by atoms with van der Waals surface area (Å²) in [5.74, 6) is -10.8. The lowest BCUT2D eigenvalue weighted by atomic mass is 9.87. The van der Waals surface area contributed by atoms with Crippen molar-refractivity contribution in [3.05, 3.63) is 0 Å². The summed E-state index contributed by atoms with van der Waals surface area (Å²) in [7, 11) is 0. The van der Waals surface area contributed by atoms with E-state index in [0.29, 0.717) is 0 Å². The molecule has 260 valence electrons. The van der Waals surface area contributed by atoms with Crippen LogP contribution in [0.3, 0.4) is 0 Å². The highest BCUT2D eigenvalue weighted by atomic mass is 16.7. The SMILES string of the molecule is CC(=O)N[C@H]1[C@H]([C@H](O)[C@H](O)CO)O[C@@](O[C@H](CO)[C@@H](O)[C@@H]2O[C@@](O)(C(=O)OCCCN)C[C@H](O)[C@H]2NC(C)=O)(C(=O)O)C[C@@H]1O. The average Bonchev–Trinajstić information content (AvgIpc) is 2.96. The molecule has 0 radical (unpaired) electrons. The van der Waals surface area contributed by atoms with Gasteiger partial charge in [-0.3, -0.25) is 9.59 Å². The van der Waals surface area contributed by atoms with Gasteiger partial charge in [-0.25, -0.2) is 9.59 Å². The Kier molecular flexibility index (Phi) is 14.0. The van der Waals surface area contributed by atoms with Crippen LogP contribution < -0.4 is 16.4 Å². The maximum atomic E-state index is 12.6. The zero-order valence-electron chi connectivity index (χ0n) is 24.6. The minimum absolute atomic E-state index is 0.126. The molecule has 0 aliphatic carbocycles. The first kappa shape index (κ1) is 38.6. The van der Waals surface area contributed by atoms with Crippen LogP contribution in [0.4, 0.5) is 0 Å². The topological polar surface area (TPSA) is 337 Å². The van der Waals surface area contributed by atoms with Gasteiger partial charge in [0.25, 0.3) is 11.6 Å². The number of carbonyl (C=O) groups excluding carboxylic acids is 3. The number of hydrogen-bond acceptors (Lipinski definition) is 17. The van der Waals surface area contributed by atoms with Crippen LogP contribution >= 0.6 is 0 Å². The largest absolute Gasteiger partial charge is 0.477 e. The Balaban J connectivity index is 2.49. The highest BCUT2D eigenvalue weighted by Crippen LogP contribution is 2.37. The van der Waals surface area contributed by atoms with E-state index >= 15 is 0 Å². The first-order valence-electron chi connectivity index (χ1n) is 14.0. The number of carbonyl (C=O) groups is 4. The van der Waals surface area contributed by atoms with Gasteiger partial charge in [0.1, 0.15) is 36.6 Å². The van der Waals surface area contributed by atoms with Gasteiger partial charge in [-0.1, -0.05) is 0 Å². The number of hydrogen-bond donors (Lipinski definition) is 12. The summed E-state index contributed by atoms with van der Waals surface area (Å²) in [5.41, 5.74) is 5.36. The molecule has 2 saturated heterocycles. The molecule has 2 aliphatic heterocycles. The minimum atomic E-state index is -3.03. The molecule has 20 nitrogen and oxygen atoms in total. The van der Waals surface area contributed by atoms with Crippen LogP contribution in [0.25, 0.3) is 0 Å². The number of rotatable bonds is 15. The maximum absolute atomic E-state index is 12.6. The Morgan fingerprint density at radius 2 is 1.44 bits per heavy atom. The molecule has 0 aromatic carbocycles. The van der Waals surface area contributed by atoms with E-state index in [1.54, 1.807) is 0 Å². The Bertz CT molecular complexity index is 1040. The monoisotopic (exact) mass is 657 g/mol. The van der Waals surface area contributed by atoms with Gasteiger partial charge in [-0.2, -0.15) is 0 Å². The number of aliphatic carboxylic acids is 1. The standard InChI is InChI=1S/C25H43N3O17/c1-10(31)27-16-12(33)6-24(41,23(40)42-5-3-4-26)44-21(16)19(37)15(9-30)43-25(22(38)39)7-13(34)17(28-11(2)32)20(45-25)18(36)14(35)8-29/h12-21,29-30,33-37,41H,3-9,26H2,1-2H3,(H,27,31)(H,28,32)(H,38,39)/t12-,13-,14+,15+,16+,17+,18+,19+,20+,21+,24+,25+/m0/s1. The number of amides is 2. The third-order valence-corrected chi connectivity index (χ3v) is 7.28. The number of aliphatic hydroxyl groups excluding tert-OH is 7. The van der Waals surface area contributed by atoms with E-state index in [2.05, 4.69) is 10.6 Å².